The van der Waals surface area contributed by atoms with Crippen molar-refractivity contribution in [3.63, 3.8) is 0 Å². The van der Waals surface area contributed by atoms with E-state index >= 15 is 0 Å². The van der Waals surface area contributed by atoms with E-state index < -0.39 is 17.6 Å². The van der Waals surface area contributed by atoms with Crippen molar-refractivity contribution in [2.75, 3.05) is 0 Å². The number of benzene rings is 2. The number of carbonyl (C=O) groups excluding carboxylic acids is 1. The summed E-state index contributed by atoms with van der Waals surface area (Å²) in [4.78, 5) is 21.2. The first kappa shape index (κ1) is 20.2. The summed E-state index contributed by atoms with van der Waals surface area (Å²) in [5.41, 5.74) is 3.93. The number of hydrogen-bond donors (Lipinski definition) is 2. The molecule has 162 valence electrons. The third-order valence-corrected chi connectivity index (χ3v) is 5.76. The Kier molecular flexibility index (Phi) is 4.88. The number of aryl methyl sites for hydroxylation is 1. The van der Waals surface area contributed by atoms with Crippen molar-refractivity contribution >= 4 is 16.9 Å². The van der Waals surface area contributed by atoms with Gasteiger partial charge in [-0.25, -0.2) is 9.97 Å². The quantitative estimate of drug-likeness (QED) is 0.480. The van der Waals surface area contributed by atoms with Crippen LogP contribution in [-0.4, -0.2) is 26.1 Å². The third kappa shape index (κ3) is 3.70. The zero-order chi connectivity index (χ0) is 22.3. The summed E-state index contributed by atoms with van der Waals surface area (Å²) in [6.07, 6.45) is 1.27. The molecule has 0 spiro atoms. The van der Waals surface area contributed by atoms with Gasteiger partial charge in [0.05, 0.1) is 28.9 Å². The molecule has 1 aliphatic rings. The minimum absolute atomic E-state index is 0.199. The Balaban J connectivity index is 1.39. The SMILES string of the molecule is O=C(NC1CCCc2cc(-c3ncnc4[nH]ncc34)ccc21)c1ccc(C(F)(F)F)cc1. The first-order valence-corrected chi connectivity index (χ1v) is 10.2. The second-order valence-electron chi connectivity index (χ2n) is 7.76. The fourth-order valence-electron chi connectivity index (χ4n) is 4.16. The molecule has 32 heavy (non-hydrogen) atoms. The molecule has 0 saturated carbocycles. The molecule has 5 rings (SSSR count). The molecule has 2 N–H and O–H groups in total. The van der Waals surface area contributed by atoms with Gasteiger partial charge in [-0.15, -0.1) is 0 Å². The van der Waals surface area contributed by atoms with Crippen molar-refractivity contribution in [2.45, 2.75) is 31.5 Å². The first-order chi connectivity index (χ1) is 15.4. The number of hydrogen-bond acceptors (Lipinski definition) is 4. The average molecular weight is 437 g/mol. The summed E-state index contributed by atoms with van der Waals surface area (Å²) in [7, 11) is 0. The van der Waals surface area contributed by atoms with Crippen LogP contribution in [0.2, 0.25) is 0 Å². The molecule has 0 saturated heterocycles. The number of carbonyl (C=O) groups is 1. The highest BCUT2D eigenvalue weighted by molar-refractivity contribution is 5.94. The summed E-state index contributed by atoms with van der Waals surface area (Å²) < 4.78 is 38.3. The summed E-state index contributed by atoms with van der Waals surface area (Å²) in [5.74, 6) is -0.392. The monoisotopic (exact) mass is 437 g/mol. The predicted octanol–water partition coefficient (Wildman–Crippen LogP) is 4.85. The normalized spacial score (nSPS) is 16.0. The fourth-order valence-corrected chi connectivity index (χ4v) is 4.16. The maximum absolute atomic E-state index is 12.8. The van der Waals surface area contributed by atoms with Crippen LogP contribution in [-0.2, 0) is 12.6 Å². The van der Waals surface area contributed by atoms with Gasteiger partial charge in [0.15, 0.2) is 5.65 Å². The van der Waals surface area contributed by atoms with Crippen LogP contribution in [0.3, 0.4) is 0 Å². The Morgan fingerprint density at radius 2 is 1.91 bits per heavy atom. The van der Waals surface area contributed by atoms with Crippen LogP contribution in [0.25, 0.3) is 22.3 Å². The highest BCUT2D eigenvalue weighted by Crippen LogP contribution is 2.34. The van der Waals surface area contributed by atoms with Crippen LogP contribution >= 0.6 is 0 Å². The van der Waals surface area contributed by atoms with E-state index in [4.69, 9.17) is 0 Å². The third-order valence-electron chi connectivity index (χ3n) is 5.76. The van der Waals surface area contributed by atoms with E-state index in [2.05, 4.69) is 31.5 Å². The van der Waals surface area contributed by atoms with Crippen LogP contribution in [0.5, 0.6) is 0 Å². The molecule has 0 radical (unpaired) electrons. The summed E-state index contributed by atoms with van der Waals surface area (Å²) in [6, 6.07) is 10.1. The number of aromatic amines is 1. The van der Waals surface area contributed by atoms with Gasteiger partial charge in [-0.2, -0.15) is 18.3 Å². The summed E-state index contributed by atoms with van der Waals surface area (Å²) in [6.45, 7) is 0. The Bertz CT molecular complexity index is 1300. The van der Waals surface area contributed by atoms with Gasteiger partial charge in [0.1, 0.15) is 6.33 Å². The molecule has 1 amide bonds. The van der Waals surface area contributed by atoms with Crippen molar-refractivity contribution in [3.8, 4) is 11.3 Å². The second-order valence-corrected chi connectivity index (χ2v) is 7.76. The standard InChI is InChI=1S/C23H18F3N5O/c24-23(25,26)16-7-4-13(5-8-16)22(32)30-19-3-1-2-14-10-15(6-9-17(14)19)20-18-11-29-31-21(18)28-12-27-20/h4-12,19H,1-3H2,(H,30,32)(H,27,28,29,31). The summed E-state index contributed by atoms with van der Waals surface area (Å²) in [5, 5.41) is 10.7. The smallest absolute Gasteiger partial charge is 0.345 e. The number of halogens is 3. The molecule has 0 aliphatic heterocycles. The molecule has 9 heteroatoms. The van der Waals surface area contributed by atoms with Crippen LogP contribution < -0.4 is 5.32 Å². The highest BCUT2D eigenvalue weighted by atomic mass is 19.4. The molecule has 1 unspecified atom stereocenters. The Morgan fingerprint density at radius 1 is 1.09 bits per heavy atom. The van der Waals surface area contributed by atoms with Crippen molar-refractivity contribution in [2.24, 2.45) is 0 Å². The number of H-pyrrole nitrogens is 1. The van der Waals surface area contributed by atoms with E-state index in [9.17, 15) is 18.0 Å². The molecule has 0 fully saturated rings. The van der Waals surface area contributed by atoms with Gasteiger partial charge in [0.25, 0.3) is 5.91 Å². The lowest BCUT2D eigenvalue weighted by Crippen LogP contribution is -2.31. The van der Waals surface area contributed by atoms with Gasteiger partial charge in [0.2, 0.25) is 0 Å². The lowest BCUT2D eigenvalue weighted by Gasteiger charge is -2.27. The fraction of sp³-hybridized carbons (Fsp3) is 0.217. The van der Waals surface area contributed by atoms with E-state index in [-0.39, 0.29) is 11.6 Å². The summed E-state index contributed by atoms with van der Waals surface area (Å²) >= 11 is 0. The Labute approximate surface area is 180 Å². The Morgan fingerprint density at radius 3 is 2.69 bits per heavy atom. The highest BCUT2D eigenvalue weighted by Gasteiger charge is 2.30. The molecule has 0 bridgehead atoms. The zero-order valence-corrected chi connectivity index (χ0v) is 16.8. The number of nitrogens with one attached hydrogen (secondary N) is 2. The molecule has 1 aliphatic carbocycles. The minimum Gasteiger partial charge on any atom is -0.345 e. The van der Waals surface area contributed by atoms with Crippen molar-refractivity contribution in [1.29, 1.82) is 0 Å². The van der Waals surface area contributed by atoms with E-state index in [0.29, 0.717) is 5.65 Å². The topological polar surface area (TPSA) is 83.6 Å². The maximum atomic E-state index is 12.8. The van der Waals surface area contributed by atoms with Crippen LogP contribution in [0.4, 0.5) is 13.2 Å². The van der Waals surface area contributed by atoms with Crippen molar-refractivity contribution in [3.05, 3.63) is 77.2 Å². The van der Waals surface area contributed by atoms with Gasteiger partial charge < -0.3 is 5.32 Å². The molecule has 2 aromatic heterocycles. The molecule has 2 heterocycles. The minimum atomic E-state index is -4.43. The molecular formula is C23H18F3N5O. The van der Waals surface area contributed by atoms with Gasteiger partial charge >= 0.3 is 6.18 Å². The second kappa shape index (κ2) is 7.74. The number of fused-ring (bicyclic) bond motifs is 2. The number of aromatic nitrogens is 4. The van der Waals surface area contributed by atoms with Crippen LogP contribution in [0, 0.1) is 0 Å². The molecular weight excluding hydrogens is 419 g/mol. The number of alkyl halides is 3. The average Bonchev–Trinajstić information content (AvgIpc) is 3.27. The largest absolute Gasteiger partial charge is 0.416 e. The lowest BCUT2D eigenvalue weighted by atomic mass is 9.86. The molecule has 6 nitrogen and oxygen atoms in total. The van der Waals surface area contributed by atoms with Crippen molar-refractivity contribution in [1.82, 2.24) is 25.5 Å². The van der Waals surface area contributed by atoms with E-state index in [1.54, 1.807) is 6.20 Å². The molecule has 4 aromatic rings. The number of rotatable bonds is 3. The first-order valence-electron chi connectivity index (χ1n) is 10.2. The lowest BCUT2D eigenvalue weighted by molar-refractivity contribution is -0.137. The van der Waals surface area contributed by atoms with Gasteiger partial charge in [-0.3, -0.25) is 9.89 Å². The molecule has 1 atom stereocenters. The maximum Gasteiger partial charge on any atom is 0.416 e. The number of nitrogens with zero attached hydrogens (tertiary/aromatic N) is 3. The van der Waals surface area contributed by atoms with Gasteiger partial charge in [-0.05, 0) is 60.7 Å². The zero-order valence-electron chi connectivity index (χ0n) is 16.8. The predicted molar refractivity (Wildman–Crippen MR) is 112 cm³/mol. The van der Waals surface area contributed by atoms with Crippen LogP contribution in [0.15, 0.2) is 55.0 Å². The molecule has 2 aromatic carbocycles. The Hall–Kier alpha value is -3.75. The van der Waals surface area contributed by atoms with Crippen molar-refractivity contribution < 1.29 is 18.0 Å². The van der Waals surface area contributed by atoms with Gasteiger partial charge in [0, 0.05) is 11.1 Å². The van der Waals surface area contributed by atoms with Crippen LogP contribution in [0.1, 0.15) is 45.9 Å². The van der Waals surface area contributed by atoms with E-state index in [0.717, 1.165) is 59.2 Å². The van der Waals surface area contributed by atoms with E-state index in [1.165, 1.54) is 18.5 Å². The van der Waals surface area contributed by atoms with Gasteiger partial charge in [-0.1, -0.05) is 12.1 Å². The number of amides is 1. The van der Waals surface area contributed by atoms with E-state index in [1.807, 2.05) is 12.1 Å².